The van der Waals surface area contributed by atoms with Crippen molar-refractivity contribution in [2.45, 2.75) is 44.2 Å². The molecule has 2 heterocycles. The molecule has 4 nitrogen and oxygen atoms in total. The summed E-state index contributed by atoms with van der Waals surface area (Å²) in [7, 11) is 0. The van der Waals surface area contributed by atoms with E-state index >= 15 is 0 Å². The second kappa shape index (κ2) is 4.10. The van der Waals surface area contributed by atoms with Gasteiger partial charge < -0.3 is 15.4 Å². The molecule has 4 heteroatoms. The molecule has 0 saturated carbocycles. The van der Waals surface area contributed by atoms with Crippen LogP contribution in [-0.2, 0) is 9.53 Å². The van der Waals surface area contributed by atoms with E-state index in [0.29, 0.717) is 0 Å². The molecule has 0 aromatic carbocycles. The molecule has 0 radical (unpaired) electrons. The van der Waals surface area contributed by atoms with Gasteiger partial charge in [-0.15, -0.1) is 0 Å². The van der Waals surface area contributed by atoms with Crippen molar-refractivity contribution in [2.75, 3.05) is 19.7 Å². The maximum Gasteiger partial charge on any atom is 0.239 e. The van der Waals surface area contributed by atoms with E-state index in [1.165, 1.54) is 6.42 Å². The lowest BCUT2D eigenvalue weighted by Gasteiger charge is -2.33. The molecule has 0 aliphatic carbocycles. The van der Waals surface area contributed by atoms with E-state index in [0.717, 1.165) is 39.0 Å². The first-order chi connectivity index (χ1) is 7.13. The quantitative estimate of drug-likeness (QED) is 0.689. The number of amides is 1. The predicted octanol–water partition coefficient (Wildman–Crippen LogP) is 0.505. The summed E-state index contributed by atoms with van der Waals surface area (Å²) >= 11 is 0. The molecular weight excluding hydrogens is 192 g/mol. The SMILES string of the molecule is CC(N)C(=O)N1CCC2(CCCCO2)C1. The van der Waals surface area contributed by atoms with Gasteiger partial charge in [-0.25, -0.2) is 0 Å². The summed E-state index contributed by atoms with van der Waals surface area (Å²) in [5.74, 6) is 0.0565. The highest BCUT2D eigenvalue weighted by Crippen LogP contribution is 2.34. The first kappa shape index (κ1) is 10.9. The summed E-state index contributed by atoms with van der Waals surface area (Å²) in [4.78, 5) is 13.6. The van der Waals surface area contributed by atoms with Crippen molar-refractivity contribution >= 4 is 5.91 Å². The van der Waals surface area contributed by atoms with E-state index in [1.54, 1.807) is 6.92 Å². The molecule has 2 fully saturated rings. The number of ether oxygens (including phenoxy) is 1. The Bertz CT molecular complexity index is 247. The molecule has 1 amide bonds. The Balaban J connectivity index is 1.96. The number of nitrogens with zero attached hydrogens (tertiary/aromatic N) is 1. The zero-order valence-corrected chi connectivity index (χ0v) is 9.37. The molecule has 0 aromatic heterocycles. The van der Waals surface area contributed by atoms with Crippen LogP contribution >= 0.6 is 0 Å². The summed E-state index contributed by atoms with van der Waals surface area (Å²) in [6, 6.07) is -0.385. The minimum Gasteiger partial charge on any atom is -0.373 e. The number of carbonyl (C=O) groups excluding carboxylic acids is 1. The average Bonchev–Trinajstić information content (AvgIpc) is 2.62. The van der Waals surface area contributed by atoms with Crippen LogP contribution in [-0.4, -0.2) is 42.1 Å². The van der Waals surface area contributed by atoms with E-state index in [2.05, 4.69) is 0 Å². The van der Waals surface area contributed by atoms with Gasteiger partial charge >= 0.3 is 0 Å². The van der Waals surface area contributed by atoms with E-state index in [9.17, 15) is 4.79 Å². The second-order valence-corrected chi connectivity index (χ2v) is 4.79. The fourth-order valence-electron chi connectivity index (χ4n) is 2.55. The molecule has 0 aromatic rings. The Hall–Kier alpha value is -0.610. The van der Waals surface area contributed by atoms with E-state index in [1.807, 2.05) is 4.90 Å². The van der Waals surface area contributed by atoms with Gasteiger partial charge in [0, 0.05) is 19.7 Å². The van der Waals surface area contributed by atoms with Crippen LogP contribution in [0.25, 0.3) is 0 Å². The van der Waals surface area contributed by atoms with Gasteiger partial charge in [0.25, 0.3) is 0 Å². The Kier molecular flexibility index (Phi) is 2.98. The number of hydrogen-bond donors (Lipinski definition) is 1. The third-order valence-corrected chi connectivity index (χ3v) is 3.45. The summed E-state index contributed by atoms with van der Waals surface area (Å²) in [6.45, 7) is 4.14. The number of rotatable bonds is 1. The van der Waals surface area contributed by atoms with Crippen LogP contribution in [0.2, 0.25) is 0 Å². The molecule has 1 spiro atoms. The summed E-state index contributed by atoms with van der Waals surface area (Å²) in [5, 5.41) is 0. The minimum atomic E-state index is -0.385. The van der Waals surface area contributed by atoms with Crippen LogP contribution in [0.5, 0.6) is 0 Å². The van der Waals surface area contributed by atoms with Gasteiger partial charge in [-0.3, -0.25) is 4.79 Å². The molecule has 0 bridgehead atoms. The van der Waals surface area contributed by atoms with Gasteiger partial charge in [0.1, 0.15) is 0 Å². The monoisotopic (exact) mass is 212 g/mol. The van der Waals surface area contributed by atoms with Crippen molar-refractivity contribution in [3.63, 3.8) is 0 Å². The third-order valence-electron chi connectivity index (χ3n) is 3.45. The largest absolute Gasteiger partial charge is 0.373 e. The fraction of sp³-hybridized carbons (Fsp3) is 0.909. The molecule has 15 heavy (non-hydrogen) atoms. The number of nitrogens with two attached hydrogens (primary N) is 1. The average molecular weight is 212 g/mol. The second-order valence-electron chi connectivity index (χ2n) is 4.79. The van der Waals surface area contributed by atoms with E-state index in [4.69, 9.17) is 10.5 Å². The fourth-order valence-corrected chi connectivity index (χ4v) is 2.55. The highest BCUT2D eigenvalue weighted by Gasteiger charge is 2.42. The molecule has 2 aliphatic rings. The number of likely N-dealkylation sites (tertiary alicyclic amines) is 1. The van der Waals surface area contributed by atoms with Gasteiger partial charge in [0.15, 0.2) is 0 Å². The zero-order valence-electron chi connectivity index (χ0n) is 9.37. The highest BCUT2D eigenvalue weighted by molar-refractivity contribution is 5.81. The summed E-state index contributed by atoms with van der Waals surface area (Å²) in [6.07, 6.45) is 4.45. The minimum absolute atomic E-state index is 0.0389. The topological polar surface area (TPSA) is 55.6 Å². The Labute approximate surface area is 90.8 Å². The molecule has 2 saturated heterocycles. The lowest BCUT2D eigenvalue weighted by Crippen LogP contribution is -2.45. The molecule has 2 N–H and O–H groups in total. The third kappa shape index (κ3) is 2.16. The van der Waals surface area contributed by atoms with Gasteiger partial charge in [-0.05, 0) is 32.6 Å². The molecule has 2 atom stereocenters. The van der Waals surface area contributed by atoms with Gasteiger partial charge in [0.2, 0.25) is 5.91 Å². The zero-order chi connectivity index (χ0) is 10.9. The lowest BCUT2D eigenvalue weighted by atomic mass is 9.93. The Morgan fingerprint density at radius 2 is 2.27 bits per heavy atom. The molecule has 2 unspecified atom stereocenters. The lowest BCUT2D eigenvalue weighted by molar-refractivity contribution is -0.133. The highest BCUT2D eigenvalue weighted by atomic mass is 16.5. The summed E-state index contributed by atoms with van der Waals surface area (Å²) in [5.41, 5.74) is 5.56. The maximum atomic E-state index is 11.7. The van der Waals surface area contributed by atoms with E-state index in [-0.39, 0.29) is 17.6 Å². The first-order valence-electron chi connectivity index (χ1n) is 5.81. The van der Waals surface area contributed by atoms with Crippen LogP contribution in [0.1, 0.15) is 32.6 Å². The molecule has 2 aliphatic heterocycles. The smallest absolute Gasteiger partial charge is 0.239 e. The normalized spacial score (nSPS) is 33.3. The van der Waals surface area contributed by atoms with Crippen LogP contribution in [0, 0.1) is 0 Å². The molecule has 2 rings (SSSR count). The first-order valence-corrected chi connectivity index (χ1v) is 5.81. The van der Waals surface area contributed by atoms with Crippen molar-refractivity contribution in [1.29, 1.82) is 0 Å². The van der Waals surface area contributed by atoms with Crippen molar-refractivity contribution in [3.8, 4) is 0 Å². The van der Waals surface area contributed by atoms with Gasteiger partial charge in [0.05, 0.1) is 11.6 Å². The Morgan fingerprint density at radius 1 is 1.47 bits per heavy atom. The van der Waals surface area contributed by atoms with Crippen LogP contribution in [0.15, 0.2) is 0 Å². The molecule has 86 valence electrons. The maximum absolute atomic E-state index is 11.7. The Morgan fingerprint density at radius 3 is 2.87 bits per heavy atom. The van der Waals surface area contributed by atoms with Gasteiger partial charge in [-0.1, -0.05) is 0 Å². The van der Waals surface area contributed by atoms with Gasteiger partial charge in [-0.2, -0.15) is 0 Å². The standard InChI is InChI=1S/C11H20N2O2/c1-9(12)10(14)13-6-5-11(8-13)4-2-3-7-15-11/h9H,2-8,12H2,1H3. The van der Waals surface area contributed by atoms with Crippen LogP contribution in [0.3, 0.4) is 0 Å². The number of carbonyl (C=O) groups is 1. The van der Waals surface area contributed by atoms with Crippen LogP contribution < -0.4 is 5.73 Å². The van der Waals surface area contributed by atoms with Crippen molar-refractivity contribution in [2.24, 2.45) is 5.73 Å². The van der Waals surface area contributed by atoms with Crippen LogP contribution in [0.4, 0.5) is 0 Å². The van der Waals surface area contributed by atoms with Crippen molar-refractivity contribution < 1.29 is 9.53 Å². The molecular formula is C11H20N2O2. The number of hydrogen-bond acceptors (Lipinski definition) is 3. The van der Waals surface area contributed by atoms with Crippen molar-refractivity contribution in [1.82, 2.24) is 4.90 Å². The summed E-state index contributed by atoms with van der Waals surface area (Å²) < 4.78 is 5.85. The predicted molar refractivity (Wildman–Crippen MR) is 57.4 cm³/mol. The van der Waals surface area contributed by atoms with Crippen molar-refractivity contribution in [3.05, 3.63) is 0 Å². The van der Waals surface area contributed by atoms with E-state index < -0.39 is 0 Å².